The first-order valence-corrected chi connectivity index (χ1v) is 8.19. The molecule has 1 aromatic heterocycles. The molecule has 1 heterocycles. The second-order valence-electron chi connectivity index (χ2n) is 6.39. The summed E-state index contributed by atoms with van der Waals surface area (Å²) in [4.78, 5) is 0. The summed E-state index contributed by atoms with van der Waals surface area (Å²) in [5.74, 6) is 0.425. The third-order valence-corrected chi connectivity index (χ3v) is 4.99. The third kappa shape index (κ3) is 2.29. The Balaban J connectivity index is 1.83. The number of hydrogen-bond donors (Lipinski definition) is 0. The van der Waals surface area contributed by atoms with Crippen molar-refractivity contribution in [3.8, 4) is 5.69 Å². The molecule has 2 nitrogen and oxygen atoms in total. The van der Waals surface area contributed by atoms with Crippen LogP contribution in [0.5, 0.6) is 0 Å². The van der Waals surface area contributed by atoms with Crippen molar-refractivity contribution >= 4 is 0 Å². The van der Waals surface area contributed by atoms with Gasteiger partial charge in [0.15, 0.2) is 0 Å². The molecule has 0 radical (unpaired) electrons. The van der Waals surface area contributed by atoms with Crippen LogP contribution < -0.4 is 0 Å². The van der Waals surface area contributed by atoms with Crippen LogP contribution in [0, 0.1) is 5.82 Å². The van der Waals surface area contributed by atoms with Crippen molar-refractivity contribution in [1.82, 2.24) is 9.78 Å². The lowest BCUT2D eigenvalue weighted by molar-refractivity contribution is 0.427. The van der Waals surface area contributed by atoms with Gasteiger partial charge in [0, 0.05) is 5.92 Å². The summed E-state index contributed by atoms with van der Waals surface area (Å²) in [6, 6.07) is 6.86. The highest BCUT2D eigenvalue weighted by atomic mass is 19.1. The fourth-order valence-corrected chi connectivity index (χ4v) is 4.02. The molecule has 0 unspecified atom stereocenters. The van der Waals surface area contributed by atoms with Gasteiger partial charge < -0.3 is 0 Å². The predicted octanol–water partition coefficient (Wildman–Crippen LogP) is 4.55. The Morgan fingerprint density at radius 1 is 1.05 bits per heavy atom. The van der Waals surface area contributed by atoms with Crippen LogP contribution in [0.25, 0.3) is 5.69 Å². The third-order valence-electron chi connectivity index (χ3n) is 4.99. The van der Waals surface area contributed by atoms with E-state index in [1.165, 1.54) is 61.5 Å². The highest BCUT2D eigenvalue weighted by molar-refractivity contribution is 5.41. The van der Waals surface area contributed by atoms with Gasteiger partial charge in [0.2, 0.25) is 0 Å². The van der Waals surface area contributed by atoms with Crippen molar-refractivity contribution in [3.63, 3.8) is 0 Å². The number of rotatable bonds is 2. The van der Waals surface area contributed by atoms with Gasteiger partial charge in [0.25, 0.3) is 0 Å². The zero-order valence-corrected chi connectivity index (χ0v) is 12.3. The summed E-state index contributed by atoms with van der Waals surface area (Å²) in [5, 5.41) is 4.83. The molecule has 3 heteroatoms. The molecule has 1 saturated carbocycles. The standard InChI is InChI=1S/C18H21FN2/c19-14-8-4-9-15(12-14)21-18(13-6-2-1-3-7-13)16-10-5-11-17(16)20-21/h4,8-9,12-13H,1-3,5-7,10-11H2. The lowest BCUT2D eigenvalue weighted by Crippen LogP contribution is -2.13. The van der Waals surface area contributed by atoms with Gasteiger partial charge in [-0.3, -0.25) is 0 Å². The molecule has 1 aromatic carbocycles. The maximum atomic E-state index is 13.6. The van der Waals surface area contributed by atoms with E-state index in [9.17, 15) is 4.39 Å². The van der Waals surface area contributed by atoms with Crippen molar-refractivity contribution in [3.05, 3.63) is 47.0 Å². The minimum Gasteiger partial charge on any atom is -0.237 e. The molecule has 2 aliphatic rings. The monoisotopic (exact) mass is 284 g/mol. The van der Waals surface area contributed by atoms with Gasteiger partial charge in [-0.2, -0.15) is 5.10 Å². The molecule has 2 aliphatic carbocycles. The summed E-state index contributed by atoms with van der Waals surface area (Å²) in [6.07, 6.45) is 9.95. The van der Waals surface area contributed by atoms with Gasteiger partial charge in [0.1, 0.15) is 5.82 Å². The highest BCUT2D eigenvalue weighted by Gasteiger charge is 2.29. The Morgan fingerprint density at radius 2 is 1.90 bits per heavy atom. The van der Waals surface area contributed by atoms with E-state index in [4.69, 9.17) is 5.10 Å². The average Bonchev–Trinajstić information content (AvgIpc) is 3.08. The zero-order chi connectivity index (χ0) is 14.2. The Bertz CT molecular complexity index is 653. The van der Waals surface area contributed by atoms with Gasteiger partial charge in [-0.05, 0) is 55.9 Å². The lowest BCUT2D eigenvalue weighted by atomic mass is 9.85. The second-order valence-corrected chi connectivity index (χ2v) is 6.39. The Hall–Kier alpha value is -1.64. The molecule has 1 fully saturated rings. The van der Waals surface area contributed by atoms with Gasteiger partial charge in [-0.1, -0.05) is 25.3 Å². The molecule has 0 spiro atoms. The van der Waals surface area contributed by atoms with E-state index in [-0.39, 0.29) is 5.82 Å². The number of nitrogens with zero attached hydrogens (tertiary/aromatic N) is 2. The normalized spacial score (nSPS) is 18.9. The number of aryl methyl sites for hydroxylation is 1. The van der Waals surface area contributed by atoms with Crippen LogP contribution in [-0.4, -0.2) is 9.78 Å². The molecule has 0 atom stereocenters. The van der Waals surface area contributed by atoms with Crippen molar-refractivity contribution in [2.45, 2.75) is 57.3 Å². The number of fused-ring (bicyclic) bond motifs is 1. The minimum absolute atomic E-state index is 0.183. The van der Waals surface area contributed by atoms with Gasteiger partial charge >= 0.3 is 0 Å². The molecule has 0 bridgehead atoms. The molecule has 0 aliphatic heterocycles. The van der Waals surface area contributed by atoms with E-state index in [1.54, 1.807) is 12.1 Å². The predicted molar refractivity (Wildman–Crippen MR) is 81.4 cm³/mol. The Labute approximate surface area is 125 Å². The van der Waals surface area contributed by atoms with Crippen molar-refractivity contribution in [1.29, 1.82) is 0 Å². The molecule has 21 heavy (non-hydrogen) atoms. The number of halogens is 1. The SMILES string of the molecule is Fc1cccc(-n2nc3c(c2C2CCCCC2)CCC3)c1. The quantitative estimate of drug-likeness (QED) is 0.791. The molecule has 0 amide bonds. The van der Waals surface area contributed by atoms with Crippen LogP contribution in [0.3, 0.4) is 0 Å². The topological polar surface area (TPSA) is 17.8 Å². The number of hydrogen-bond acceptors (Lipinski definition) is 1. The Morgan fingerprint density at radius 3 is 2.71 bits per heavy atom. The summed E-state index contributed by atoms with van der Waals surface area (Å²) in [5.41, 5.74) is 4.98. The molecule has 0 saturated heterocycles. The van der Waals surface area contributed by atoms with Crippen molar-refractivity contribution < 1.29 is 4.39 Å². The van der Waals surface area contributed by atoms with Crippen LogP contribution in [0.2, 0.25) is 0 Å². The fraction of sp³-hybridized carbons (Fsp3) is 0.500. The van der Waals surface area contributed by atoms with Crippen LogP contribution in [-0.2, 0) is 12.8 Å². The average molecular weight is 284 g/mol. The van der Waals surface area contributed by atoms with E-state index in [2.05, 4.69) is 0 Å². The summed E-state index contributed by atoms with van der Waals surface area (Å²) >= 11 is 0. The Kier molecular flexibility index (Phi) is 3.28. The maximum absolute atomic E-state index is 13.6. The molecular formula is C18H21FN2. The van der Waals surface area contributed by atoms with Crippen LogP contribution in [0.4, 0.5) is 4.39 Å². The lowest BCUT2D eigenvalue weighted by Gasteiger charge is -2.24. The smallest absolute Gasteiger partial charge is 0.125 e. The summed E-state index contributed by atoms with van der Waals surface area (Å²) in [7, 11) is 0. The van der Waals surface area contributed by atoms with Crippen LogP contribution in [0.1, 0.15) is 61.4 Å². The molecule has 110 valence electrons. The van der Waals surface area contributed by atoms with Crippen molar-refractivity contribution in [2.75, 3.05) is 0 Å². The molecule has 4 rings (SSSR count). The minimum atomic E-state index is -0.183. The summed E-state index contributed by atoms with van der Waals surface area (Å²) < 4.78 is 15.6. The zero-order valence-electron chi connectivity index (χ0n) is 12.3. The largest absolute Gasteiger partial charge is 0.237 e. The van der Waals surface area contributed by atoms with Crippen LogP contribution >= 0.6 is 0 Å². The molecular weight excluding hydrogens is 263 g/mol. The van der Waals surface area contributed by atoms with Gasteiger partial charge in [-0.25, -0.2) is 9.07 Å². The van der Waals surface area contributed by atoms with E-state index < -0.39 is 0 Å². The molecule has 0 N–H and O–H groups in total. The van der Waals surface area contributed by atoms with Gasteiger partial charge in [0.05, 0.1) is 17.1 Å². The van der Waals surface area contributed by atoms with Gasteiger partial charge in [-0.15, -0.1) is 0 Å². The van der Waals surface area contributed by atoms with E-state index in [0.29, 0.717) is 5.92 Å². The van der Waals surface area contributed by atoms with Crippen molar-refractivity contribution in [2.24, 2.45) is 0 Å². The van der Waals surface area contributed by atoms with E-state index >= 15 is 0 Å². The summed E-state index contributed by atoms with van der Waals surface area (Å²) in [6.45, 7) is 0. The number of benzene rings is 1. The number of aromatic nitrogens is 2. The fourth-order valence-electron chi connectivity index (χ4n) is 4.02. The first-order valence-electron chi connectivity index (χ1n) is 8.19. The van der Waals surface area contributed by atoms with E-state index in [0.717, 1.165) is 18.5 Å². The molecule has 2 aromatic rings. The van der Waals surface area contributed by atoms with E-state index in [1.807, 2.05) is 10.7 Å². The first kappa shape index (κ1) is 13.1. The second kappa shape index (κ2) is 5.28. The van der Waals surface area contributed by atoms with Crippen LogP contribution in [0.15, 0.2) is 24.3 Å². The maximum Gasteiger partial charge on any atom is 0.125 e. The highest BCUT2D eigenvalue weighted by Crippen LogP contribution is 2.39. The first-order chi connectivity index (χ1) is 10.3.